The first-order valence-electron chi connectivity index (χ1n) is 13.5. The van der Waals surface area contributed by atoms with Crippen LogP contribution < -0.4 is 5.32 Å². The number of amides is 1. The van der Waals surface area contributed by atoms with Crippen molar-refractivity contribution in [3.8, 4) is 0 Å². The molecule has 1 aliphatic heterocycles. The van der Waals surface area contributed by atoms with E-state index in [1.165, 1.54) is 44.1 Å². The predicted molar refractivity (Wildman–Crippen MR) is 135 cm³/mol. The first-order valence-corrected chi connectivity index (χ1v) is 13.5. The van der Waals surface area contributed by atoms with E-state index in [9.17, 15) is 4.79 Å². The lowest BCUT2D eigenvalue weighted by molar-refractivity contribution is -0.180. The zero-order chi connectivity index (χ0) is 23.5. The topological polar surface area (TPSA) is 29.1 Å². The minimum atomic E-state index is -0.0934. The summed E-state index contributed by atoms with van der Waals surface area (Å²) in [6.07, 6.45) is 15.8. The molecule has 4 rings (SSSR count). The van der Waals surface area contributed by atoms with Crippen LogP contribution in [0.5, 0.6) is 0 Å². The molecule has 0 bridgehead atoms. The van der Waals surface area contributed by atoms with E-state index in [0.29, 0.717) is 23.2 Å². The van der Waals surface area contributed by atoms with Gasteiger partial charge in [-0.05, 0) is 126 Å². The van der Waals surface area contributed by atoms with Gasteiger partial charge in [-0.2, -0.15) is 0 Å². The number of carbonyl (C=O) groups excluding carboxylic acids is 1. The summed E-state index contributed by atoms with van der Waals surface area (Å²) >= 11 is 0. The van der Waals surface area contributed by atoms with E-state index in [4.69, 9.17) is 0 Å². The van der Waals surface area contributed by atoms with Crippen LogP contribution in [-0.2, 0) is 4.79 Å². The molecule has 0 spiro atoms. The molecule has 0 aromatic heterocycles. The van der Waals surface area contributed by atoms with Gasteiger partial charge in [-0.3, -0.25) is 4.79 Å². The van der Waals surface area contributed by atoms with Crippen LogP contribution in [-0.4, -0.2) is 11.4 Å². The maximum atomic E-state index is 12.6. The number of hydrogen-bond acceptors (Lipinski definition) is 1. The van der Waals surface area contributed by atoms with Crippen LogP contribution in [0.25, 0.3) is 0 Å². The number of nitrogens with one attached hydrogen (secondary N) is 1. The molecular formula is C30H49NO. The maximum Gasteiger partial charge on any atom is 0.220 e. The lowest BCUT2D eigenvalue weighted by Gasteiger charge is -2.67. The minimum Gasteiger partial charge on any atom is -0.351 e. The summed E-state index contributed by atoms with van der Waals surface area (Å²) in [4.78, 5) is 12.6. The fourth-order valence-corrected chi connectivity index (χ4v) is 9.71. The maximum absolute atomic E-state index is 12.6. The van der Waals surface area contributed by atoms with Crippen molar-refractivity contribution >= 4 is 5.91 Å². The number of rotatable bonds is 3. The summed E-state index contributed by atoms with van der Waals surface area (Å²) in [5, 5.41) is 3.40. The fraction of sp³-hybridized carbons (Fsp3) is 0.833. The molecule has 1 saturated heterocycles. The van der Waals surface area contributed by atoms with Crippen molar-refractivity contribution in [3.63, 3.8) is 0 Å². The molecular weight excluding hydrogens is 390 g/mol. The molecule has 180 valence electrons. The van der Waals surface area contributed by atoms with Crippen molar-refractivity contribution in [2.24, 2.45) is 39.9 Å². The van der Waals surface area contributed by atoms with E-state index in [1.807, 2.05) is 0 Å². The molecule has 0 aromatic rings. The number of allylic oxidation sites excluding steroid dienone is 4. The van der Waals surface area contributed by atoms with Crippen molar-refractivity contribution in [3.05, 3.63) is 23.3 Å². The van der Waals surface area contributed by atoms with Crippen LogP contribution in [0, 0.1) is 39.9 Å². The van der Waals surface area contributed by atoms with E-state index < -0.39 is 0 Å². The average Bonchev–Trinajstić information content (AvgIpc) is 3.00. The predicted octanol–water partition coefficient (Wildman–Crippen LogP) is 7.84. The third-order valence-corrected chi connectivity index (χ3v) is 11.4. The summed E-state index contributed by atoms with van der Waals surface area (Å²) in [6, 6.07) is 0. The van der Waals surface area contributed by atoms with Gasteiger partial charge >= 0.3 is 0 Å². The third-order valence-electron chi connectivity index (χ3n) is 11.4. The highest BCUT2D eigenvalue weighted by Crippen LogP contribution is 2.74. The standard InChI is InChI=1S/C30H49NO/c1-20(2)10-9-11-21(3)22-14-18-29(7)23(22)12-13-25-28(6)17-16-26(32)31-27(4,5)24(28)15-19-30(25,29)8/h10-11,22-25H,9,12-19H2,1-8H3,(H,31,32)/b21-11-/t22-,23-,24+,25-,28+,29-,30-/m1/s1. The highest BCUT2D eigenvalue weighted by atomic mass is 16.1. The SMILES string of the molecule is CC(C)=CC/C=C(/C)[C@H]1CC[C@]2(C)[C@@H]1CC[C@@H]1[C@@]3(C)CCC(=O)NC(C)(C)[C@@H]3CC[C@]12C. The Morgan fingerprint density at radius 3 is 2.25 bits per heavy atom. The molecule has 3 saturated carbocycles. The second kappa shape index (κ2) is 8.02. The number of fused-ring (bicyclic) bond motifs is 5. The van der Waals surface area contributed by atoms with Crippen LogP contribution in [0.3, 0.4) is 0 Å². The van der Waals surface area contributed by atoms with Crippen molar-refractivity contribution in [2.45, 2.75) is 119 Å². The highest BCUT2D eigenvalue weighted by Gasteiger charge is 2.67. The molecule has 2 nitrogen and oxygen atoms in total. The largest absolute Gasteiger partial charge is 0.351 e. The molecule has 0 unspecified atom stereocenters. The van der Waals surface area contributed by atoms with E-state index in [2.05, 4.69) is 72.9 Å². The third kappa shape index (κ3) is 3.54. The molecule has 32 heavy (non-hydrogen) atoms. The summed E-state index contributed by atoms with van der Waals surface area (Å²) < 4.78 is 0. The fourth-order valence-electron chi connectivity index (χ4n) is 9.71. The zero-order valence-corrected chi connectivity index (χ0v) is 22.2. The Balaban J connectivity index is 1.65. The molecule has 1 N–H and O–H groups in total. The van der Waals surface area contributed by atoms with Crippen molar-refractivity contribution < 1.29 is 4.79 Å². The number of carbonyl (C=O) groups is 1. The van der Waals surface area contributed by atoms with Crippen LogP contribution in [0.1, 0.15) is 113 Å². The Labute approximate surface area is 198 Å². The molecule has 2 heteroatoms. The van der Waals surface area contributed by atoms with E-state index >= 15 is 0 Å². The van der Waals surface area contributed by atoms with Crippen LogP contribution in [0.15, 0.2) is 23.3 Å². The zero-order valence-electron chi connectivity index (χ0n) is 22.2. The Morgan fingerprint density at radius 1 is 0.875 bits per heavy atom. The second-order valence-corrected chi connectivity index (χ2v) is 13.5. The second-order valence-electron chi connectivity index (χ2n) is 13.5. The van der Waals surface area contributed by atoms with Gasteiger partial charge in [0.2, 0.25) is 5.91 Å². The van der Waals surface area contributed by atoms with Gasteiger partial charge in [0.1, 0.15) is 0 Å². The normalized spacial score (nSPS) is 45.8. The van der Waals surface area contributed by atoms with Gasteiger partial charge < -0.3 is 5.32 Å². The summed E-state index contributed by atoms with van der Waals surface area (Å²) in [6.45, 7) is 19.3. The van der Waals surface area contributed by atoms with Gasteiger partial charge in [0.05, 0.1) is 0 Å². The monoisotopic (exact) mass is 439 g/mol. The molecule has 4 aliphatic rings. The molecule has 1 heterocycles. The van der Waals surface area contributed by atoms with Gasteiger partial charge in [-0.15, -0.1) is 0 Å². The molecule has 0 radical (unpaired) electrons. The summed E-state index contributed by atoms with van der Waals surface area (Å²) in [5.74, 6) is 3.18. The van der Waals surface area contributed by atoms with Gasteiger partial charge in [0.15, 0.2) is 0 Å². The molecule has 7 atom stereocenters. The van der Waals surface area contributed by atoms with Crippen molar-refractivity contribution in [1.29, 1.82) is 0 Å². The highest BCUT2D eigenvalue weighted by molar-refractivity contribution is 5.77. The Hall–Kier alpha value is -1.05. The molecule has 4 fully saturated rings. The van der Waals surface area contributed by atoms with E-state index in [1.54, 1.807) is 5.57 Å². The van der Waals surface area contributed by atoms with E-state index in [-0.39, 0.29) is 16.9 Å². The van der Waals surface area contributed by atoms with E-state index in [0.717, 1.165) is 30.6 Å². The minimum absolute atomic E-state index is 0.0934. The lowest BCUT2D eigenvalue weighted by atomic mass is 9.37. The van der Waals surface area contributed by atoms with Crippen molar-refractivity contribution in [1.82, 2.24) is 5.32 Å². The van der Waals surface area contributed by atoms with Gasteiger partial charge in [-0.25, -0.2) is 0 Å². The van der Waals surface area contributed by atoms with Crippen molar-refractivity contribution in [2.75, 3.05) is 0 Å². The van der Waals surface area contributed by atoms with Crippen LogP contribution in [0.4, 0.5) is 0 Å². The summed E-state index contributed by atoms with van der Waals surface area (Å²) in [5.41, 5.74) is 4.04. The average molecular weight is 440 g/mol. The molecule has 0 aromatic carbocycles. The molecule has 3 aliphatic carbocycles. The quantitative estimate of drug-likeness (QED) is 0.446. The van der Waals surface area contributed by atoms with Gasteiger partial charge in [-0.1, -0.05) is 44.1 Å². The molecule has 1 amide bonds. The summed E-state index contributed by atoms with van der Waals surface area (Å²) in [7, 11) is 0. The van der Waals surface area contributed by atoms with Gasteiger partial charge in [0, 0.05) is 12.0 Å². The smallest absolute Gasteiger partial charge is 0.220 e. The lowest BCUT2D eigenvalue weighted by Crippen LogP contribution is -2.63. The first kappa shape index (κ1) is 24.1. The Morgan fingerprint density at radius 2 is 1.56 bits per heavy atom. The first-order chi connectivity index (χ1) is 14.8. The van der Waals surface area contributed by atoms with Crippen LogP contribution >= 0.6 is 0 Å². The van der Waals surface area contributed by atoms with Gasteiger partial charge in [0.25, 0.3) is 0 Å². The Bertz CT molecular complexity index is 817. The number of hydrogen-bond donors (Lipinski definition) is 1. The Kier molecular flexibility index (Phi) is 6.04. The van der Waals surface area contributed by atoms with Crippen LogP contribution in [0.2, 0.25) is 0 Å².